The number of anilines is 2. The molecule has 0 saturated carbocycles. The number of nitrogens with zero attached hydrogens (tertiary/aromatic N) is 5. The summed E-state index contributed by atoms with van der Waals surface area (Å²) in [4.78, 5) is 59.8. The fraction of sp³-hybridized carbons (Fsp3) is 0.511. The molecular weight excluding hydrogens is 772 g/mol. The molecule has 1 saturated heterocycles. The number of ether oxygens (including phenoxy) is 2. The highest BCUT2D eigenvalue weighted by Crippen LogP contribution is 2.34. The number of unbranched alkanes of at least 4 members (excludes halogenated alkanes) is 2. The quantitative estimate of drug-likeness (QED) is 0.114. The van der Waals surface area contributed by atoms with E-state index < -0.39 is 17.8 Å². The van der Waals surface area contributed by atoms with Gasteiger partial charge in [0.2, 0.25) is 5.91 Å². The van der Waals surface area contributed by atoms with E-state index in [0.717, 1.165) is 62.9 Å². The predicted octanol–water partition coefficient (Wildman–Crippen LogP) is 8.42. The SMILES string of the molecule is COc1cc(NCCCCCC(=O)N(C)CCN2CCC(N(C(=O)O)c3ccccc3-c3ccccc3)CC2)c(Cl)cc1C(=O)N(C)CCCN(C)C(=O)OC(C)(C)C. The molecule has 2 N–H and O–H groups in total. The van der Waals surface area contributed by atoms with E-state index in [2.05, 4.69) is 10.2 Å². The van der Waals surface area contributed by atoms with Gasteiger partial charge >= 0.3 is 12.2 Å². The Morgan fingerprint density at radius 3 is 2.17 bits per heavy atom. The van der Waals surface area contributed by atoms with Gasteiger partial charge in [-0.1, -0.05) is 66.6 Å². The summed E-state index contributed by atoms with van der Waals surface area (Å²) < 4.78 is 10.9. The number of methoxy groups -OCH3 is 1. The van der Waals surface area contributed by atoms with Crippen molar-refractivity contribution in [1.82, 2.24) is 19.6 Å². The normalized spacial score (nSPS) is 13.4. The van der Waals surface area contributed by atoms with Crippen molar-refractivity contribution in [1.29, 1.82) is 0 Å². The van der Waals surface area contributed by atoms with Crippen LogP contribution in [-0.2, 0) is 9.53 Å². The average molecular weight is 835 g/mol. The predicted molar refractivity (Wildman–Crippen MR) is 235 cm³/mol. The van der Waals surface area contributed by atoms with Crippen molar-refractivity contribution < 1.29 is 33.8 Å². The first-order chi connectivity index (χ1) is 28.1. The molecule has 14 heteroatoms. The number of carbonyl (C=O) groups is 4. The molecule has 3 aromatic carbocycles. The van der Waals surface area contributed by atoms with Crippen LogP contribution in [0.3, 0.4) is 0 Å². The van der Waals surface area contributed by atoms with Gasteiger partial charge in [-0.3, -0.25) is 14.5 Å². The van der Waals surface area contributed by atoms with Gasteiger partial charge in [0.25, 0.3) is 5.91 Å². The zero-order valence-electron chi connectivity index (χ0n) is 35.8. The first kappa shape index (κ1) is 46.7. The van der Waals surface area contributed by atoms with E-state index in [4.69, 9.17) is 21.1 Å². The number of hydrogen-bond acceptors (Lipinski definition) is 8. The summed E-state index contributed by atoms with van der Waals surface area (Å²) in [6.07, 6.45) is 3.56. The van der Waals surface area contributed by atoms with Gasteiger partial charge in [-0.2, -0.15) is 0 Å². The summed E-state index contributed by atoms with van der Waals surface area (Å²) in [6, 6.07) is 20.8. The Balaban J connectivity index is 1.14. The Morgan fingerprint density at radius 1 is 0.847 bits per heavy atom. The molecule has 0 aromatic heterocycles. The zero-order valence-corrected chi connectivity index (χ0v) is 36.6. The Hall–Kier alpha value is -5.01. The van der Waals surface area contributed by atoms with Gasteiger partial charge in [0.15, 0.2) is 0 Å². The van der Waals surface area contributed by atoms with Crippen LogP contribution in [0.1, 0.15) is 76.1 Å². The summed E-state index contributed by atoms with van der Waals surface area (Å²) in [5, 5.41) is 14.0. The molecule has 3 aromatic rings. The van der Waals surface area contributed by atoms with Gasteiger partial charge in [-0.15, -0.1) is 0 Å². The highest BCUT2D eigenvalue weighted by molar-refractivity contribution is 6.33. The maximum atomic E-state index is 13.3. The number of hydrogen-bond donors (Lipinski definition) is 2. The number of para-hydroxylation sites is 1. The molecular formula is C45H63ClN6O7. The second-order valence-electron chi connectivity index (χ2n) is 16.2. The summed E-state index contributed by atoms with van der Waals surface area (Å²) in [6.45, 7) is 9.83. The van der Waals surface area contributed by atoms with E-state index in [1.54, 1.807) is 36.0 Å². The Morgan fingerprint density at radius 2 is 1.51 bits per heavy atom. The van der Waals surface area contributed by atoms with E-state index >= 15 is 0 Å². The van der Waals surface area contributed by atoms with Crippen molar-refractivity contribution in [3.05, 3.63) is 77.3 Å². The first-order valence-electron chi connectivity index (χ1n) is 20.5. The Bertz CT molecular complexity index is 1850. The second-order valence-corrected chi connectivity index (χ2v) is 16.6. The number of benzene rings is 3. The molecule has 322 valence electrons. The van der Waals surface area contributed by atoms with Crippen LogP contribution in [0, 0.1) is 0 Å². The fourth-order valence-electron chi connectivity index (χ4n) is 7.12. The number of halogens is 1. The minimum Gasteiger partial charge on any atom is -0.496 e. The molecule has 1 aliphatic heterocycles. The number of carbonyl (C=O) groups excluding carboxylic acids is 3. The van der Waals surface area contributed by atoms with Crippen molar-refractivity contribution >= 4 is 47.0 Å². The molecule has 13 nitrogen and oxygen atoms in total. The maximum absolute atomic E-state index is 13.3. The molecule has 0 spiro atoms. The number of amides is 4. The van der Waals surface area contributed by atoms with Crippen molar-refractivity contribution in [3.8, 4) is 16.9 Å². The lowest BCUT2D eigenvalue weighted by Crippen LogP contribution is -2.48. The second kappa shape index (κ2) is 22.4. The highest BCUT2D eigenvalue weighted by atomic mass is 35.5. The van der Waals surface area contributed by atoms with Gasteiger partial charge in [0.05, 0.1) is 29.1 Å². The molecule has 0 atom stereocenters. The number of likely N-dealkylation sites (tertiary alicyclic amines) is 1. The van der Waals surface area contributed by atoms with Crippen LogP contribution in [0.15, 0.2) is 66.7 Å². The topological polar surface area (TPSA) is 135 Å². The molecule has 0 radical (unpaired) electrons. The van der Waals surface area contributed by atoms with Crippen LogP contribution in [0.2, 0.25) is 5.02 Å². The molecule has 4 amide bonds. The van der Waals surface area contributed by atoms with E-state index in [0.29, 0.717) is 66.7 Å². The zero-order chi connectivity index (χ0) is 43.1. The van der Waals surface area contributed by atoms with Gasteiger partial charge in [0.1, 0.15) is 11.4 Å². The summed E-state index contributed by atoms with van der Waals surface area (Å²) >= 11 is 6.60. The molecule has 59 heavy (non-hydrogen) atoms. The molecule has 0 aliphatic carbocycles. The number of rotatable bonds is 19. The van der Waals surface area contributed by atoms with E-state index in [1.807, 2.05) is 82.4 Å². The van der Waals surface area contributed by atoms with Crippen LogP contribution in [0.5, 0.6) is 5.75 Å². The highest BCUT2D eigenvalue weighted by Gasteiger charge is 2.31. The summed E-state index contributed by atoms with van der Waals surface area (Å²) in [5.41, 5.74) is 3.03. The lowest BCUT2D eigenvalue weighted by atomic mass is 9.98. The molecule has 4 rings (SSSR count). The fourth-order valence-corrected chi connectivity index (χ4v) is 7.35. The van der Waals surface area contributed by atoms with Crippen LogP contribution in [0.25, 0.3) is 11.1 Å². The average Bonchev–Trinajstić information content (AvgIpc) is 3.21. The van der Waals surface area contributed by atoms with E-state index in [9.17, 15) is 24.3 Å². The first-order valence-corrected chi connectivity index (χ1v) is 20.9. The van der Waals surface area contributed by atoms with Crippen molar-refractivity contribution in [2.24, 2.45) is 0 Å². The Kier molecular flexibility index (Phi) is 17.7. The number of piperidine rings is 1. The smallest absolute Gasteiger partial charge is 0.412 e. The van der Waals surface area contributed by atoms with E-state index in [1.165, 1.54) is 16.9 Å². The van der Waals surface area contributed by atoms with Gasteiger partial charge in [0, 0.05) is 91.0 Å². The van der Waals surface area contributed by atoms with Crippen LogP contribution in [0.4, 0.5) is 21.0 Å². The molecule has 0 bridgehead atoms. The van der Waals surface area contributed by atoms with Crippen molar-refractivity contribution in [2.75, 3.05) is 84.3 Å². The van der Waals surface area contributed by atoms with Crippen LogP contribution in [-0.4, -0.2) is 134 Å². The number of carboxylic acid groups (broad SMARTS) is 1. The standard InChI is InChI=1S/C45H63ClN6O7/c1-45(2,3)59-44(57)50(6)26-16-25-49(5)42(54)36-31-37(46)38(32-40(36)58-7)47-24-15-9-12-21-41(53)48(4)29-30-51-27-22-34(23-28-51)52(43(55)56)39-20-14-13-19-35(39)33-17-10-8-11-18-33/h8,10-11,13-14,17-20,31-32,34,47H,9,12,15-16,21-30H2,1-7H3,(H,55,56). The van der Waals surface area contributed by atoms with Crippen molar-refractivity contribution in [3.63, 3.8) is 0 Å². The van der Waals surface area contributed by atoms with Crippen molar-refractivity contribution in [2.45, 2.75) is 77.4 Å². The number of nitrogens with one attached hydrogen (secondary N) is 1. The van der Waals surface area contributed by atoms with Crippen LogP contribution >= 0.6 is 11.6 Å². The number of likely N-dealkylation sites (N-methyl/N-ethyl adjacent to an activating group) is 1. The third kappa shape index (κ3) is 14.1. The largest absolute Gasteiger partial charge is 0.496 e. The van der Waals surface area contributed by atoms with Gasteiger partial charge < -0.3 is 39.5 Å². The third-order valence-electron chi connectivity index (χ3n) is 10.5. The molecule has 1 aliphatic rings. The maximum Gasteiger partial charge on any atom is 0.412 e. The lowest BCUT2D eigenvalue weighted by Gasteiger charge is -2.38. The molecule has 0 unspecified atom stereocenters. The minimum absolute atomic E-state index is 0.107. The van der Waals surface area contributed by atoms with Gasteiger partial charge in [-0.05, 0) is 70.6 Å². The van der Waals surface area contributed by atoms with Gasteiger partial charge in [-0.25, -0.2) is 9.59 Å². The third-order valence-corrected chi connectivity index (χ3v) is 10.8. The molecule has 1 fully saturated rings. The minimum atomic E-state index is -0.945. The monoisotopic (exact) mass is 834 g/mol. The molecule has 1 heterocycles. The summed E-state index contributed by atoms with van der Waals surface area (Å²) in [7, 11) is 6.73. The summed E-state index contributed by atoms with van der Waals surface area (Å²) in [5.74, 6) is 0.276. The van der Waals surface area contributed by atoms with Crippen LogP contribution < -0.4 is 15.0 Å². The Labute approximate surface area is 355 Å². The van der Waals surface area contributed by atoms with E-state index in [-0.39, 0.29) is 17.9 Å². The lowest BCUT2D eigenvalue weighted by molar-refractivity contribution is -0.130.